The number of azide groups is 1. The molecule has 1 aromatic rings. The monoisotopic (exact) mass is 228 g/mol. The maximum absolute atomic E-state index is 11.2. The molecule has 5 heteroatoms. The zero-order chi connectivity index (χ0) is 12.3. The molecule has 1 heterocycles. The zero-order valence-corrected chi connectivity index (χ0v) is 9.37. The van der Waals surface area contributed by atoms with Crippen LogP contribution >= 0.6 is 0 Å². The lowest BCUT2D eigenvalue weighted by atomic mass is 9.92. The van der Waals surface area contributed by atoms with E-state index in [4.69, 9.17) is 5.53 Å². The lowest BCUT2D eigenvalue weighted by Gasteiger charge is -2.34. The molecule has 1 aromatic carbocycles. The maximum atomic E-state index is 11.2. The van der Waals surface area contributed by atoms with Crippen molar-refractivity contribution in [1.82, 2.24) is 5.32 Å². The highest BCUT2D eigenvalue weighted by molar-refractivity contribution is 5.91. The fourth-order valence-corrected chi connectivity index (χ4v) is 1.81. The van der Waals surface area contributed by atoms with Crippen molar-refractivity contribution in [2.45, 2.75) is 19.0 Å². The van der Waals surface area contributed by atoms with Gasteiger partial charge in [0.25, 0.3) is 0 Å². The molecule has 5 nitrogen and oxygen atoms in total. The molecule has 1 aliphatic heterocycles. The molecule has 2 atom stereocenters. The van der Waals surface area contributed by atoms with Crippen molar-refractivity contribution in [2.24, 2.45) is 5.11 Å². The van der Waals surface area contributed by atoms with Gasteiger partial charge in [0.15, 0.2) is 0 Å². The molecule has 1 N–H and O–H groups in total. The number of carbonyl (C=O) groups is 1. The maximum Gasteiger partial charge on any atom is 0.231 e. The van der Waals surface area contributed by atoms with E-state index in [9.17, 15) is 4.79 Å². The van der Waals surface area contributed by atoms with Gasteiger partial charge in [-0.15, -0.1) is 0 Å². The van der Waals surface area contributed by atoms with Crippen LogP contribution in [0.1, 0.15) is 12.5 Å². The van der Waals surface area contributed by atoms with E-state index in [1.165, 1.54) is 0 Å². The highest BCUT2D eigenvalue weighted by atomic mass is 16.2. The van der Waals surface area contributed by atoms with Gasteiger partial charge in [-0.05, 0) is 23.6 Å². The van der Waals surface area contributed by atoms with Crippen molar-refractivity contribution in [2.75, 3.05) is 0 Å². The first-order chi connectivity index (χ1) is 8.22. The van der Waals surface area contributed by atoms with Crippen molar-refractivity contribution >= 4 is 12.0 Å². The Kier molecular flexibility index (Phi) is 3.12. The number of amides is 1. The minimum atomic E-state index is -0.611. The minimum Gasteiger partial charge on any atom is -0.348 e. The summed E-state index contributed by atoms with van der Waals surface area (Å²) < 4.78 is 0. The van der Waals surface area contributed by atoms with Crippen LogP contribution in [0.4, 0.5) is 0 Å². The Morgan fingerprint density at radius 1 is 1.47 bits per heavy atom. The van der Waals surface area contributed by atoms with Gasteiger partial charge in [-0.3, -0.25) is 4.79 Å². The molecule has 0 radical (unpaired) electrons. The highest BCUT2D eigenvalue weighted by Crippen LogP contribution is 2.20. The summed E-state index contributed by atoms with van der Waals surface area (Å²) in [6, 6.07) is 9.01. The number of rotatable bonds is 3. The lowest BCUT2D eigenvalue weighted by Crippen LogP contribution is -2.61. The normalized spacial score (nSPS) is 23.4. The Hall–Kier alpha value is -2.26. The molecule has 0 bridgehead atoms. The van der Waals surface area contributed by atoms with Crippen LogP contribution in [0.2, 0.25) is 0 Å². The van der Waals surface area contributed by atoms with Crippen LogP contribution < -0.4 is 5.32 Å². The Morgan fingerprint density at radius 2 is 2.18 bits per heavy atom. The summed E-state index contributed by atoms with van der Waals surface area (Å²) in [5, 5.41) is 6.21. The van der Waals surface area contributed by atoms with E-state index in [1.54, 1.807) is 0 Å². The van der Waals surface area contributed by atoms with Crippen LogP contribution in [-0.4, -0.2) is 18.0 Å². The molecule has 1 fully saturated rings. The summed E-state index contributed by atoms with van der Waals surface area (Å²) in [6.07, 6.45) is 1.98. The smallest absolute Gasteiger partial charge is 0.231 e. The Bertz CT molecular complexity index is 500. The zero-order valence-electron chi connectivity index (χ0n) is 9.37. The number of nitrogens with zero attached hydrogens (tertiary/aromatic N) is 3. The molecule has 0 saturated carbocycles. The van der Waals surface area contributed by atoms with Crippen molar-refractivity contribution in [3.63, 3.8) is 0 Å². The van der Waals surface area contributed by atoms with Gasteiger partial charge in [-0.2, -0.15) is 0 Å². The third-order valence-corrected chi connectivity index (χ3v) is 2.74. The number of nitrogens with one attached hydrogen (secondary N) is 1. The van der Waals surface area contributed by atoms with Crippen molar-refractivity contribution in [1.29, 1.82) is 0 Å². The van der Waals surface area contributed by atoms with Crippen LogP contribution in [0.25, 0.3) is 16.5 Å². The third-order valence-electron chi connectivity index (χ3n) is 2.74. The first-order valence-corrected chi connectivity index (χ1v) is 5.30. The topological polar surface area (TPSA) is 77.9 Å². The molecule has 1 amide bonds. The van der Waals surface area contributed by atoms with Gasteiger partial charge >= 0.3 is 0 Å². The second kappa shape index (κ2) is 4.72. The molecular weight excluding hydrogens is 216 g/mol. The molecule has 1 saturated heterocycles. The second-order valence-corrected chi connectivity index (χ2v) is 3.94. The number of hydrogen-bond acceptors (Lipinski definition) is 2. The quantitative estimate of drug-likeness (QED) is 0.366. The predicted molar refractivity (Wildman–Crippen MR) is 65.0 cm³/mol. The van der Waals surface area contributed by atoms with E-state index in [0.717, 1.165) is 11.1 Å². The summed E-state index contributed by atoms with van der Waals surface area (Å²) in [6.45, 7) is 1.91. The fraction of sp³-hybridized carbons (Fsp3) is 0.250. The Morgan fingerprint density at radius 3 is 2.76 bits per heavy atom. The summed E-state index contributed by atoms with van der Waals surface area (Å²) in [7, 11) is 0. The van der Waals surface area contributed by atoms with Gasteiger partial charge in [0, 0.05) is 4.91 Å². The van der Waals surface area contributed by atoms with Crippen LogP contribution in [0, 0.1) is 0 Å². The van der Waals surface area contributed by atoms with Gasteiger partial charge < -0.3 is 5.32 Å². The Balaban J connectivity index is 2.16. The van der Waals surface area contributed by atoms with Gasteiger partial charge in [-0.25, -0.2) is 0 Å². The SMILES string of the molecule is CC(=Cc1ccccc1)[C@@H]1NC(=O)[C@@H]1N=[N+]=[N-]. The van der Waals surface area contributed by atoms with E-state index in [0.29, 0.717) is 0 Å². The predicted octanol–water partition coefficient (Wildman–Crippen LogP) is 2.27. The van der Waals surface area contributed by atoms with Gasteiger partial charge in [-0.1, -0.05) is 41.5 Å². The van der Waals surface area contributed by atoms with E-state index in [2.05, 4.69) is 15.3 Å². The number of carbonyl (C=O) groups excluding carboxylic acids is 1. The summed E-state index contributed by atoms with van der Waals surface area (Å²) >= 11 is 0. The first kappa shape index (κ1) is 11.2. The van der Waals surface area contributed by atoms with E-state index in [1.807, 2.05) is 43.3 Å². The molecule has 17 heavy (non-hydrogen) atoms. The van der Waals surface area contributed by atoms with Crippen LogP contribution in [0.5, 0.6) is 0 Å². The standard InChI is InChI=1S/C12H12N4O/c1-8(7-9-5-3-2-4-6-9)10-11(15-16-13)12(17)14-10/h2-7,10-11H,1H3,(H,14,17)/t10-,11+/m0/s1. The molecule has 0 aliphatic carbocycles. The molecule has 0 unspecified atom stereocenters. The van der Waals surface area contributed by atoms with Crippen LogP contribution in [0.15, 0.2) is 41.0 Å². The minimum absolute atomic E-state index is 0.182. The van der Waals surface area contributed by atoms with Crippen LogP contribution in [-0.2, 0) is 4.79 Å². The van der Waals surface area contributed by atoms with Gasteiger partial charge in [0.2, 0.25) is 5.91 Å². The summed E-state index contributed by atoms with van der Waals surface area (Å²) in [4.78, 5) is 13.9. The molecule has 2 rings (SSSR count). The summed E-state index contributed by atoms with van der Waals surface area (Å²) in [5.41, 5.74) is 10.4. The number of hydrogen-bond donors (Lipinski definition) is 1. The first-order valence-electron chi connectivity index (χ1n) is 5.30. The average molecular weight is 228 g/mol. The van der Waals surface area contributed by atoms with E-state index in [-0.39, 0.29) is 11.9 Å². The number of β-lactam (4-membered cyclic amide) rings is 1. The third kappa shape index (κ3) is 2.29. The fourth-order valence-electron chi connectivity index (χ4n) is 1.81. The second-order valence-electron chi connectivity index (χ2n) is 3.94. The number of benzene rings is 1. The highest BCUT2D eigenvalue weighted by Gasteiger charge is 2.39. The molecule has 0 aromatic heterocycles. The van der Waals surface area contributed by atoms with Gasteiger partial charge in [0.05, 0.1) is 6.04 Å². The molecule has 1 aliphatic rings. The van der Waals surface area contributed by atoms with Gasteiger partial charge in [0.1, 0.15) is 6.04 Å². The Labute approximate surface area is 98.8 Å². The average Bonchev–Trinajstić information content (AvgIpc) is 2.34. The molecule has 86 valence electrons. The summed E-state index contributed by atoms with van der Waals surface area (Å²) in [5.74, 6) is -0.214. The molecular formula is C12H12N4O. The van der Waals surface area contributed by atoms with Crippen molar-refractivity contribution in [3.8, 4) is 0 Å². The largest absolute Gasteiger partial charge is 0.348 e. The van der Waals surface area contributed by atoms with Crippen LogP contribution in [0.3, 0.4) is 0 Å². The van der Waals surface area contributed by atoms with Crippen molar-refractivity contribution in [3.05, 3.63) is 51.9 Å². The molecule has 0 spiro atoms. The lowest BCUT2D eigenvalue weighted by molar-refractivity contribution is -0.129. The van der Waals surface area contributed by atoms with Crippen molar-refractivity contribution < 1.29 is 4.79 Å². The van der Waals surface area contributed by atoms with E-state index >= 15 is 0 Å². The van der Waals surface area contributed by atoms with E-state index < -0.39 is 6.04 Å².